The second-order valence-corrected chi connectivity index (χ2v) is 34.8. The van der Waals surface area contributed by atoms with Crippen molar-refractivity contribution in [1.29, 1.82) is 0 Å². The number of ether oxygens (including phenoxy) is 9. The summed E-state index contributed by atoms with van der Waals surface area (Å²) in [6, 6.07) is 0. The Morgan fingerprint density at radius 2 is 0.722 bits per heavy atom. The Kier molecular flexibility index (Phi) is 19.4. The smallest absolute Gasteiger partial charge is 0.311 e. The van der Waals surface area contributed by atoms with Gasteiger partial charge in [0.15, 0.2) is 20.4 Å². The monoisotopic (exact) mass is 1250 g/mol. The average Bonchev–Trinajstić information content (AvgIpc) is 1.38. The van der Waals surface area contributed by atoms with Gasteiger partial charge in [-0.25, -0.2) is 0 Å². The van der Waals surface area contributed by atoms with Crippen LogP contribution in [0.1, 0.15) is 235 Å². The fourth-order valence-corrected chi connectivity index (χ4v) is 23.2. The van der Waals surface area contributed by atoms with E-state index in [4.69, 9.17) is 42.6 Å². The summed E-state index contributed by atoms with van der Waals surface area (Å²) in [5.74, 6) is 9.51. The first-order chi connectivity index (χ1) is 43.1. The molecule has 18 saturated carbocycles. The van der Waals surface area contributed by atoms with Gasteiger partial charge in [0.1, 0.15) is 18.3 Å². The number of hydrogen-bond donors (Lipinski definition) is 0. The summed E-state index contributed by atoms with van der Waals surface area (Å²) >= 11 is 0. The number of rotatable bonds is 22. The zero-order chi connectivity index (χ0) is 63.0. The van der Waals surface area contributed by atoms with Crippen LogP contribution in [0.25, 0.3) is 0 Å². The van der Waals surface area contributed by atoms with Crippen LogP contribution in [0, 0.1) is 141 Å². The summed E-state index contributed by atoms with van der Waals surface area (Å²) in [4.78, 5) is 75.6. The van der Waals surface area contributed by atoms with Crippen molar-refractivity contribution in [2.24, 2.45) is 141 Å². The molecule has 0 aromatic carbocycles. The van der Waals surface area contributed by atoms with Crippen molar-refractivity contribution in [2.45, 2.75) is 266 Å². The quantitative estimate of drug-likeness (QED) is 0.0431. The van der Waals surface area contributed by atoms with Gasteiger partial charge >= 0.3 is 35.8 Å². The zero-order valence-corrected chi connectivity index (χ0v) is 56.3. The summed E-state index contributed by atoms with van der Waals surface area (Å²) in [7, 11) is 0. The van der Waals surface area contributed by atoms with Crippen LogP contribution in [-0.4, -0.2) is 93.3 Å². The molecule has 13 atom stereocenters. The predicted octanol–water partition coefficient (Wildman–Crippen LogP) is 14.2. The van der Waals surface area contributed by atoms with Crippen LogP contribution < -0.4 is 0 Å². The zero-order valence-electron chi connectivity index (χ0n) is 56.3. The van der Waals surface area contributed by atoms with Gasteiger partial charge in [0.2, 0.25) is 0 Å². The van der Waals surface area contributed by atoms with Crippen molar-refractivity contribution in [2.75, 3.05) is 27.0 Å². The van der Waals surface area contributed by atoms with E-state index in [2.05, 4.69) is 0 Å². The highest BCUT2D eigenvalue weighted by Crippen LogP contribution is 2.61. The highest BCUT2D eigenvalue weighted by molar-refractivity contribution is 5.78. The molecule has 0 aromatic rings. The van der Waals surface area contributed by atoms with Crippen molar-refractivity contribution >= 4 is 35.8 Å². The van der Waals surface area contributed by atoms with Gasteiger partial charge in [-0.2, -0.15) is 0 Å². The largest absolute Gasteiger partial charge is 0.462 e. The molecular formula is C75H114O15. The molecule has 18 fully saturated rings. The van der Waals surface area contributed by atoms with Crippen LogP contribution in [0.5, 0.6) is 0 Å². The van der Waals surface area contributed by atoms with E-state index < -0.39 is 10.8 Å². The molecule has 0 aliphatic heterocycles. The fraction of sp³-hybridized carbons (Fsp3) is 0.920. The van der Waals surface area contributed by atoms with E-state index in [0.29, 0.717) is 52.9 Å². The number of carbonyl (C=O) groups is 6. The summed E-state index contributed by atoms with van der Waals surface area (Å²) < 4.78 is 52.6. The van der Waals surface area contributed by atoms with Crippen molar-refractivity contribution in [1.82, 2.24) is 0 Å². The topological polar surface area (TPSA) is 185 Å². The molecule has 18 bridgehead atoms. The van der Waals surface area contributed by atoms with E-state index in [9.17, 15) is 28.8 Å². The van der Waals surface area contributed by atoms with Crippen molar-refractivity contribution in [3.05, 3.63) is 0 Å². The molecular weight excluding hydrogens is 1140 g/mol. The van der Waals surface area contributed by atoms with Gasteiger partial charge in [-0.05, 0) is 296 Å². The molecule has 504 valence electrons. The molecule has 0 radical (unpaired) electrons. The molecule has 0 aromatic heterocycles. The van der Waals surface area contributed by atoms with E-state index in [1.807, 2.05) is 55.4 Å². The molecule has 18 aliphatic carbocycles. The summed E-state index contributed by atoms with van der Waals surface area (Å²) in [6.45, 7) is 16.6. The second kappa shape index (κ2) is 26.7. The van der Waals surface area contributed by atoms with Gasteiger partial charge in [0.25, 0.3) is 0 Å². The Bertz CT molecular complexity index is 2500. The van der Waals surface area contributed by atoms with Crippen LogP contribution >= 0.6 is 0 Å². The average molecular weight is 1260 g/mol. The van der Waals surface area contributed by atoms with E-state index in [1.165, 1.54) is 103 Å². The molecule has 90 heavy (non-hydrogen) atoms. The van der Waals surface area contributed by atoms with Gasteiger partial charge in [-0.1, -0.05) is 27.7 Å². The predicted molar refractivity (Wildman–Crippen MR) is 333 cm³/mol. The number of hydrogen-bond acceptors (Lipinski definition) is 15. The van der Waals surface area contributed by atoms with E-state index in [1.54, 1.807) is 0 Å². The van der Waals surface area contributed by atoms with Gasteiger partial charge in [0, 0.05) is 17.8 Å². The third-order valence-corrected chi connectivity index (χ3v) is 27.9. The number of carbonyl (C=O) groups excluding carboxylic acids is 6. The normalized spacial score (nSPS) is 43.9. The van der Waals surface area contributed by atoms with Gasteiger partial charge in [-0.15, -0.1) is 0 Å². The standard InChI is InChI=1S/C26H40O5.C25H38O5.C24H36O5/c1-4-25(2,3)24(28)31-22-10-16-8-20(22)21(9-16)23(27)30-15-29-14-26-11-17-5-18(12-26)7-19(6-17)13-26;1-4-25(2,3)24(27)30-21-12-16-10-19(21)20(11-16)23(26)29-13-28-22-17-6-14-5-15(8-17)9-18(22)7-14;1-3-13(2)23(25)29-21-11-16-9-19(21)20(10-16)24(26)28-12-27-22-17-5-14-4-15(7-17)8-18(22)6-14/h16-22H,4-15H2,1-3H3;14-22H,4-13H2,1-3H3;13-22H,3-12H2,1-2H3. The summed E-state index contributed by atoms with van der Waals surface area (Å²) in [5, 5.41) is 0. The Labute approximate surface area is 538 Å². The Hall–Kier alpha value is -3.30. The molecule has 0 heterocycles. The first kappa shape index (κ1) is 65.4. The summed E-state index contributed by atoms with van der Waals surface area (Å²) in [5.41, 5.74) is -0.591. The minimum atomic E-state index is -0.469. The van der Waals surface area contributed by atoms with E-state index in [0.717, 1.165) is 125 Å². The molecule has 15 heteroatoms. The first-order valence-electron chi connectivity index (χ1n) is 37.1. The summed E-state index contributed by atoms with van der Waals surface area (Å²) in [6.07, 6.45) is 32.2. The minimum Gasteiger partial charge on any atom is -0.462 e. The maximum Gasteiger partial charge on any atom is 0.311 e. The molecule has 18 aliphatic rings. The SMILES string of the molecule is CCC(C)(C)C(=O)OC1CC2CC(C(=O)OCOC3C4CC5CC(C4)CC3C5)C1C2.CCC(C)(C)C(=O)OC1CC2CC(C(=O)OCOCC34CC5CC(CC(C5)C3)C4)C1C2.CCC(C)C(=O)OC1CC2CC(C(=O)OCOC3C4CC5CC(C4)CC3C5)C1C2. The van der Waals surface area contributed by atoms with Crippen LogP contribution in [-0.2, 0) is 71.4 Å². The Balaban J connectivity index is 0.000000124. The molecule has 0 spiro atoms. The number of esters is 6. The van der Waals surface area contributed by atoms with Crippen molar-refractivity contribution < 1.29 is 71.4 Å². The lowest BCUT2D eigenvalue weighted by Crippen LogP contribution is -2.49. The van der Waals surface area contributed by atoms with Crippen LogP contribution in [0.4, 0.5) is 0 Å². The molecule has 13 unspecified atom stereocenters. The molecule has 0 amide bonds. The van der Waals surface area contributed by atoms with Crippen LogP contribution in [0.3, 0.4) is 0 Å². The lowest BCUT2D eigenvalue weighted by atomic mass is 9.50. The fourth-order valence-electron chi connectivity index (χ4n) is 23.2. The Morgan fingerprint density at radius 3 is 1.06 bits per heavy atom. The molecule has 0 saturated heterocycles. The maximum absolute atomic E-state index is 12.8. The van der Waals surface area contributed by atoms with Gasteiger partial charge < -0.3 is 42.6 Å². The highest BCUT2D eigenvalue weighted by Gasteiger charge is 2.57. The van der Waals surface area contributed by atoms with Crippen molar-refractivity contribution in [3.63, 3.8) is 0 Å². The Morgan fingerprint density at radius 1 is 0.400 bits per heavy atom. The molecule has 18 rings (SSSR count). The van der Waals surface area contributed by atoms with Crippen LogP contribution in [0.15, 0.2) is 0 Å². The number of fused-ring (bicyclic) bond motifs is 6. The maximum atomic E-state index is 12.8. The molecule has 0 N–H and O–H groups in total. The van der Waals surface area contributed by atoms with Crippen LogP contribution in [0.2, 0.25) is 0 Å². The van der Waals surface area contributed by atoms with Gasteiger partial charge in [-0.3, -0.25) is 28.8 Å². The van der Waals surface area contributed by atoms with Crippen molar-refractivity contribution in [3.8, 4) is 0 Å². The lowest BCUT2D eigenvalue weighted by molar-refractivity contribution is -0.193. The molecule has 15 nitrogen and oxygen atoms in total. The third-order valence-electron chi connectivity index (χ3n) is 27.9. The highest BCUT2D eigenvalue weighted by atomic mass is 16.7. The first-order valence-corrected chi connectivity index (χ1v) is 37.1. The lowest BCUT2D eigenvalue weighted by Gasteiger charge is -2.56. The van der Waals surface area contributed by atoms with Gasteiger partial charge in [0.05, 0.1) is 53.3 Å². The minimum absolute atomic E-state index is 0.0712. The van der Waals surface area contributed by atoms with E-state index >= 15 is 0 Å². The second-order valence-electron chi connectivity index (χ2n) is 34.8. The third kappa shape index (κ3) is 13.8. The van der Waals surface area contributed by atoms with E-state index in [-0.39, 0.29) is 122 Å².